The van der Waals surface area contributed by atoms with Crippen molar-refractivity contribution >= 4 is 23.6 Å². The van der Waals surface area contributed by atoms with Crippen LogP contribution in [0.5, 0.6) is 0 Å². The molecule has 2 aromatic rings. The normalized spacial score (nSPS) is 22.0. The second kappa shape index (κ2) is 8.91. The Kier molecular flexibility index (Phi) is 5.89. The summed E-state index contributed by atoms with van der Waals surface area (Å²) in [6.07, 6.45) is 6.79. The van der Waals surface area contributed by atoms with Gasteiger partial charge in [-0.1, -0.05) is 83.1 Å². The van der Waals surface area contributed by atoms with E-state index in [4.69, 9.17) is 9.68 Å². The van der Waals surface area contributed by atoms with E-state index >= 15 is 0 Å². The smallest absolute Gasteiger partial charge is 0.136 e. The first-order valence-corrected chi connectivity index (χ1v) is 10.1. The summed E-state index contributed by atoms with van der Waals surface area (Å²) in [6.45, 7) is 4.17. The molecule has 4 heteroatoms. The average Bonchev–Trinajstić information content (AvgIpc) is 3.40. The fourth-order valence-corrected chi connectivity index (χ4v) is 3.63. The van der Waals surface area contributed by atoms with Crippen LogP contribution in [0.4, 0.5) is 0 Å². The highest BCUT2D eigenvalue weighted by atomic mass is 16.7. The van der Waals surface area contributed by atoms with Gasteiger partial charge in [-0.05, 0) is 36.1 Å². The summed E-state index contributed by atoms with van der Waals surface area (Å²) >= 11 is 0. The van der Waals surface area contributed by atoms with Crippen molar-refractivity contribution in [3.8, 4) is 0 Å². The van der Waals surface area contributed by atoms with Gasteiger partial charge in [-0.2, -0.15) is 0 Å². The SMILES string of the molecule is C/C(=C/c1ccccc1)C1=NO[C@@H](C[C@@H]2CC(/C(C)=C\c3ccccc3)=NO2)C1. The molecule has 0 saturated carbocycles. The van der Waals surface area contributed by atoms with Crippen molar-refractivity contribution in [2.24, 2.45) is 10.3 Å². The van der Waals surface area contributed by atoms with Crippen LogP contribution in [0, 0.1) is 0 Å². The Morgan fingerprint density at radius 1 is 0.759 bits per heavy atom. The standard InChI is InChI=1S/C25H26N2O2/c1-18(13-20-9-5-3-6-10-20)24-16-22(28-26-24)15-23-17-25(27-29-23)19(2)14-21-11-7-4-8-12-21/h3-14,22-23H,15-17H2,1-2H3/b18-13-,19-14-/t22-,23+. The second-order valence-electron chi connectivity index (χ2n) is 7.65. The average molecular weight is 386 g/mol. The molecule has 0 bridgehead atoms. The van der Waals surface area contributed by atoms with Crippen molar-refractivity contribution in [3.05, 3.63) is 82.9 Å². The molecule has 0 aliphatic carbocycles. The van der Waals surface area contributed by atoms with Crippen molar-refractivity contribution in [1.29, 1.82) is 0 Å². The van der Waals surface area contributed by atoms with Crippen molar-refractivity contribution in [1.82, 2.24) is 0 Å². The van der Waals surface area contributed by atoms with Crippen LogP contribution in [0.3, 0.4) is 0 Å². The van der Waals surface area contributed by atoms with Gasteiger partial charge >= 0.3 is 0 Å². The molecule has 4 nitrogen and oxygen atoms in total. The van der Waals surface area contributed by atoms with Gasteiger partial charge in [0, 0.05) is 19.3 Å². The molecule has 0 fully saturated rings. The molecule has 0 amide bonds. The van der Waals surface area contributed by atoms with Gasteiger partial charge in [-0.25, -0.2) is 0 Å². The summed E-state index contributed by atoms with van der Waals surface area (Å²) in [5.74, 6) is 0. The summed E-state index contributed by atoms with van der Waals surface area (Å²) in [5, 5.41) is 8.62. The van der Waals surface area contributed by atoms with Gasteiger partial charge in [0.1, 0.15) is 12.2 Å². The lowest BCUT2D eigenvalue weighted by molar-refractivity contribution is 0.0123. The van der Waals surface area contributed by atoms with E-state index in [-0.39, 0.29) is 12.2 Å². The fraction of sp³-hybridized carbons (Fsp3) is 0.280. The highest BCUT2D eigenvalue weighted by molar-refractivity contribution is 6.04. The van der Waals surface area contributed by atoms with E-state index in [1.165, 1.54) is 11.1 Å². The van der Waals surface area contributed by atoms with Crippen molar-refractivity contribution in [2.75, 3.05) is 0 Å². The molecule has 0 unspecified atom stereocenters. The quantitative estimate of drug-likeness (QED) is 0.623. The van der Waals surface area contributed by atoms with Crippen molar-refractivity contribution in [3.63, 3.8) is 0 Å². The Bertz CT molecular complexity index is 879. The Morgan fingerprint density at radius 3 is 1.59 bits per heavy atom. The van der Waals surface area contributed by atoms with Crippen LogP contribution < -0.4 is 0 Å². The highest BCUT2D eigenvalue weighted by Crippen LogP contribution is 2.26. The molecule has 0 radical (unpaired) electrons. The predicted molar refractivity (Wildman–Crippen MR) is 119 cm³/mol. The molecule has 2 aliphatic rings. The molecule has 148 valence electrons. The van der Waals surface area contributed by atoms with Gasteiger partial charge in [0.25, 0.3) is 0 Å². The third-order valence-corrected chi connectivity index (χ3v) is 5.27. The number of hydrogen-bond acceptors (Lipinski definition) is 4. The van der Waals surface area contributed by atoms with Crippen LogP contribution in [0.15, 0.2) is 82.1 Å². The van der Waals surface area contributed by atoms with E-state index in [0.29, 0.717) is 0 Å². The largest absolute Gasteiger partial charge is 0.392 e. The van der Waals surface area contributed by atoms with Crippen LogP contribution in [-0.4, -0.2) is 23.6 Å². The Hall–Kier alpha value is -3.14. The van der Waals surface area contributed by atoms with Crippen LogP contribution in [0.1, 0.15) is 44.2 Å². The van der Waals surface area contributed by atoms with Crippen LogP contribution in [0.25, 0.3) is 12.2 Å². The van der Waals surface area contributed by atoms with Crippen LogP contribution in [0.2, 0.25) is 0 Å². The predicted octanol–water partition coefficient (Wildman–Crippen LogP) is 5.87. The van der Waals surface area contributed by atoms with E-state index in [1.54, 1.807) is 0 Å². The molecule has 0 aromatic heterocycles. The molecule has 2 aromatic carbocycles. The number of allylic oxidation sites excluding steroid dienone is 2. The highest BCUT2D eigenvalue weighted by Gasteiger charge is 2.30. The third kappa shape index (κ3) is 5.02. The van der Waals surface area contributed by atoms with Crippen LogP contribution >= 0.6 is 0 Å². The maximum atomic E-state index is 5.68. The maximum Gasteiger partial charge on any atom is 0.136 e. The molecule has 4 rings (SSSR count). The Labute approximate surface area is 172 Å². The number of hydrogen-bond donors (Lipinski definition) is 0. The molecule has 0 spiro atoms. The zero-order valence-electron chi connectivity index (χ0n) is 16.9. The minimum Gasteiger partial charge on any atom is -0.392 e. The molecular weight excluding hydrogens is 360 g/mol. The van der Waals surface area contributed by atoms with E-state index in [0.717, 1.165) is 41.8 Å². The number of nitrogens with zero attached hydrogens (tertiary/aromatic N) is 2. The summed E-state index contributed by atoms with van der Waals surface area (Å²) < 4.78 is 0. The number of oxime groups is 2. The Morgan fingerprint density at radius 2 is 1.17 bits per heavy atom. The second-order valence-corrected chi connectivity index (χ2v) is 7.65. The van der Waals surface area contributed by atoms with Gasteiger partial charge in [0.2, 0.25) is 0 Å². The van der Waals surface area contributed by atoms with E-state index in [2.05, 4.69) is 60.6 Å². The van der Waals surface area contributed by atoms with Crippen molar-refractivity contribution < 1.29 is 9.68 Å². The maximum absolute atomic E-state index is 5.68. The monoisotopic (exact) mass is 386 g/mol. The fourth-order valence-electron chi connectivity index (χ4n) is 3.63. The lowest BCUT2D eigenvalue weighted by atomic mass is 9.97. The molecular formula is C25H26N2O2. The minimum absolute atomic E-state index is 0.0436. The molecule has 29 heavy (non-hydrogen) atoms. The summed E-state index contributed by atoms with van der Waals surface area (Å²) in [7, 11) is 0. The zero-order valence-corrected chi connectivity index (χ0v) is 16.9. The molecule has 2 atom stereocenters. The van der Waals surface area contributed by atoms with Gasteiger partial charge < -0.3 is 9.68 Å². The minimum atomic E-state index is 0.0436. The van der Waals surface area contributed by atoms with Gasteiger partial charge in [-0.15, -0.1) is 0 Å². The summed E-state index contributed by atoms with van der Waals surface area (Å²) in [5.41, 5.74) is 6.66. The molecule has 2 aliphatic heterocycles. The lowest BCUT2D eigenvalue weighted by Gasteiger charge is -2.12. The third-order valence-electron chi connectivity index (χ3n) is 5.27. The van der Waals surface area contributed by atoms with E-state index in [1.807, 2.05) is 36.4 Å². The first kappa shape index (κ1) is 19.2. The summed E-state index contributed by atoms with van der Waals surface area (Å²) in [6, 6.07) is 20.6. The van der Waals surface area contributed by atoms with E-state index in [9.17, 15) is 0 Å². The first-order chi connectivity index (χ1) is 14.2. The van der Waals surface area contributed by atoms with Gasteiger partial charge in [0.05, 0.1) is 11.4 Å². The lowest BCUT2D eigenvalue weighted by Crippen LogP contribution is -2.19. The number of rotatable bonds is 6. The van der Waals surface area contributed by atoms with Gasteiger partial charge in [0.15, 0.2) is 0 Å². The van der Waals surface area contributed by atoms with Gasteiger partial charge in [-0.3, -0.25) is 0 Å². The topological polar surface area (TPSA) is 43.2 Å². The van der Waals surface area contributed by atoms with Crippen LogP contribution in [-0.2, 0) is 9.68 Å². The van der Waals surface area contributed by atoms with Crippen molar-refractivity contribution in [2.45, 2.75) is 45.3 Å². The molecule has 0 N–H and O–H groups in total. The summed E-state index contributed by atoms with van der Waals surface area (Å²) in [4.78, 5) is 11.4. The molecule has 2 heterocycles. The number of benzene rings is 2. The Balaban J connectivity index is 1.29. The molecule has 0 saturated heterocycles. The first-order valence-electron chi connectivity index (χ1n) is 10.1. The zero-order chi connectivity index (χ0) is 20.1. The van der Waals surface area contributed by atoms with E-state index < -0.39 is 0 Å².